The van der Waals surface area contributed by atoms with Gasteiger partial charge in [0.25, 0.3) is 0 Å². The van der Waals surface area contributed by atoms with Crippen LogP contribution < -0.4 is 10.2 Å². The van der Waals surface area contributed by atoms with E-state index in [4.69, 9.17) is 4.98 Å². The largest absolute Gasteiger partial charge is 0.342 e. The Bertz CT molecular complexity index is 383. The Morgan fingerprint density at radius 2 is 2.28 bits per heavy atom. The van der Waals surface area contributed by atoms with Gasteiger partial charge < -0.3 is 14.8 Å². The van der Waals surface area contributed by atoms with Gasteiger partial charge in [-0.3, -0.25) is 0 Å². The summed E-state index contributed by atoms with van der Waals surface area (Å²) in [5.74, 6) is 1.93. The molecule has 1 saturated heterocycles. The van der Waals surface area contributed by atoms with Crippen LogP contribution in [0, 0.1) is 5.92 Å². The van der Waals surface area contributed by atoms with Crippen molar-refractivity contribution in [3.05, 3.63) is 11.9 Å². The first-order valence-electron chi connectivity index (χ1n) is 7.13. The van der Waals surface area contributed by atoms with E-state index in [0.29, 0.717) is 6.04 Å². The van der Waals surface area contributed by atoms with E-state index in [-0.39, 0.29) is 0 Å². The van der Waals surface area contributed by atoms with Gasteiger partial charge in [0, 0.05) is 25.3 Å². The zero-order valence-electron chi connectivity index (χ0n) is 12.1. The predicted molar refractivity (Wildman–Crippen MR) is 76.2 cm³/mol. The molecule has 0 saturated carbocycles. The van der Waals surface area contributed by atoms with E-state index >= 15 is 0 Å². The fourth-order valence-electron chi connectivity index (χ4n) is 2.69. The van der Waals surface area contributed by atoms with Crippen molar-refractivity contribution >= 4 is 5.95 Å². The number of rotatable bonds is 5. The van der Waals surface area contributed by atoms with E-state index in [1.807, 2.05) is 7.05 Å². The minimum absolute atomic E-state index is 0.483. The van der Waals surface area contributed by atoms with E-state index in [9.17, 15) is 0 Å². The first kappa shape index (κ1) is 13.4. The minimum Gasteiger partial charge on any atom is -0.342 e. The van der Waals surface area contributed by atoms with Gasteiger partial charge in [-0.25, -0.2) is 4.98 Å². The third-order valence-corrected chi connectivity index (χ3v) is 3.74. The molecule has 1 N–H and O–H groups in total. The number of nitrogens with zero attached hydrogens (tertiary/aromatic N) is 3. The molecule has 0 amide bonds. The second-order valence-corrected chi connectivity index (χ2v) is 5.55. The van der Waals surface area contributed by atoms with E-state index < -0.39 is 0 Å². The molecule has 1 aliphatic rings. The van der Waals surface area contributed by atoms with E-state index in [2.05, 4.69) is 41.8 Å². The third kappa shape index (κ3) is 2.69. The molecule has 1 aliphatic heterocycles. The maximum absolute atomic E-state index is 4.79. The summed E-state index contributed by atoms with van der Waals surface area (Å²) in [5, 5.41) is 3.28. The molecule has 0 aliphatic carbocycles. The van der Waals surface area contributed by atoms with Crippen molar-refractivity contribution in [1.29, 1.82) is 0 Å². The minimum atomic E-state index is 0.483. The number of nitrogens with one attached hydrogen (secondary N) is 1. The number of hydrogen-bond acceptors (Lipinski definition) is 3. The van der Waals surface area contributed by atoms with Crippen LogP contribution in [0.25, 0.3) is 0 Å². The molecule has 18 heavy (non-hydrogen) atoms. The first-order chi connectivity index (χ1) is 8.65. The molecule has 102 valence electrons. The van der Waals surface area contributed by atoms with E-state index in [0.717, 1.165) is 32.0 Å². The highest BCUT2D eigenvalue weighted by molar-refractivity contribution is 5.36. The SMILES string of the molecule is CCc1cn(C(C)C)c(N2CCC(CNC)C2)n1. The molecule has 0 radical (unpaired) electrons. The fraction of sp³-hybridized carbons (Fsp3) is 0.786. The quantitative estimate of drug-likeness (QED) is 0.868. The molecule has 2 rings (SSSR count). The molecular formula is C14H26N4. The molecule has 2 heterocycles. The first-order valence-corrected chi connectivity index (χ1v) is 7.13. The van der Waals surface area contributed by atoms with Crippen LogP contribution in [0.2, 0.25) is 0 Å². The van der Waals surface area contributed by atoms with Crippen LogP contribution in [0.1, 0.15) is 38.9 Å². The second-order valence-electron chi connectivity index (χ2n) is 5.55. The summed E-state index contributed by atoms with van der Waals surface area (Å²) >= 11 is 0. The lowest BCUT2D eigenvalue weighted by molar-refractivity contribution is 0.544. The summed E-state index contributed by atoms with van der Waals surface area (Å²) < 4.78 is 2.32. The monoisotopic (exact) mass is 250 g/mol. The van der Waals surface area contributed by atoms with E-state index in [1.54, 1.807) is 0 Å². The molecule has 1 fully saturated rings. The lowest BCUT2D eigenvalue weighted by atomic mass is 10.1. The Labute approximate surface area is 110 Å². The van der Waals surface area contributed by atoms with Crippen molar-refractivity contribution < 1.29 is 0 Å². The van der Waals surface area contributed by atoms with Gasteiger partial charge in [-0.1, -0.05) is 6.92 Å². The smallest absolute Gasteiger partial charge is 0.205 e. The van der Waals surface area contributed by atoms with Gasteiger partial charge >= 0.3 is 0 Å². The second kappa shape index (κ2) is 5.74. The fourth-order valence-corrected chi connectivity index (χ4v) is 2.69. The Balaban J connectivity index is 2.15. The Kier molecular flexibility index (Phi) is 4.27. The average molecular weight is 250 g/mol. The predicted octanol–water partition coefficient (Wildman–Crippen LogP) is 2.07. The third-order valence-electron chi connectivity index (χ3n) is 3.74. The van der Waals surface area contributed by atoms with Gasteiger partial charge in [0.15, 0.2) is 0 Å². The van der Waals surface area contributed by atoms with Crippen LogP contribution in [0.5, 0.6) is 0 Å². The van der Waals surface area contributed by atoms with Crippen LogP contribution in [0.15, 0.2) is 6.20 Å². The van der Waals surface area contributed by atoms with Crippen LogP contribution in [-0.4, -0.2) is 36.2 Å². The van der Waals surface area contributed by atoms with Crippen molar-refractivity contribution in [3.8, 4) is 0 Å². The molecule has 1 aromatic heterocycles. The molecule has 1 unspecified atom stereocenters. The number of aryl methyl sites for hydroxylation is 1. The molecule has 0 bridgehead atoms. The summed E-state index contributed by atoms with van der Waals surface area (Å²) in [6.45, 7) is 10.0. The van der Waals surface area contributed by atoms with Crippen LogP contribution in [-0.2, 0) is 6.42 Å². The van der Waals surface area contributed by atoms with Crippen LogP contribution in [0.3, 0.4) is 0 Å². The van der Waals surface area contributed by atoms with Gasteiger partial charge in [-0.15, -0.1) is 0 Å². The topological polar surface area (TPSA) is 33.1 Å². The van der Waals surface area contributed by atoms with Gasteiger partial charge in [-0.05, 0) is 46.2 Å². The number of imidazole rings is 1. The average Bonchev–Trinajstić information content (AvgIpc) is 2.94. The zero-order valence-corrected chi connectivity index (χ0v) is 12.1. The Morgan fingerprint density at radius 3 is 2.89 bits per heavy atom. The van der Waals surface area contributed by atoms with Crippen molar-refractivity contribution in [1.82, 2.24) is 14.9 Å². The Morgan fingerprint density at radius 1 is 1.50 bits per heavy atom. The molecule has 0 aromatic carbocycles. The standard InChI is InChI=1S/C14H26N4/c1-5-13-10-18(11(2)3)14(16-13)17-7-6-12(9-17)8-15-4/h10-12,15H,5-9H2,1-4H3. The van der Waals surface area contributed by atoms with Crippen molar-refractivity contribution in [3.63, 3.8) is 0 Å². The number of hydrogen-bond donors (Lipinski definition) is 1. The normalized spacial score (nSPS) is 20.1. The molecule has 1 atom stereocenters. The maximum atomic E-state index is 4.79. The molecule has 1 aromatic rings. The summed E-state index contributed by atoms with van der Waals surface area (Å²) in [6.07, 6.45) is 4.50. The van der Waals surface area contributed by atoms with E-state index in [1.165, 1.54) is 18.1 Å². The lowest BCUT2D eigenvalue weighted by Crippen LogP contribution is -2.26. The maximum Gasteiger partial charge on any atom is 0.205 e. The molecule has 4 nitrogen and oxygen atoms in total. The highest BCUT2D eigenvalue weighted by Gasteiger charge is 2.25. The highest BCUT2D eigenvalue weighted by atomic mass is 15.3. The summed E-state index contributed by atoms with van der Waals surface area (Å²) in [7, 11) is 2.03. The number of aromatic nitrogens is 2. The lowest BCUT2D eigenvalue weighted by Gasteiger charge is -2.21. The highest BCUT2D eigenvalue weighted by Crippen LogP contribution is 2.25. The van der Waals surface area contributed by atoms with Gasteiger partial charge in [-0.2, -0.15) is 0 Å². The molecular weight excluding hydrogens is 224 g/mol. The van der Waals surface area contributed by atoms with Crippen molar-refractivity contribution in [2.45, 2.75) is 39.7 Å². The molecule has 0 spiro atoms. The number of anilines is 1. The summed E-state index contributed by atoms with van der Waals surface area (Å²) in [5.41, 5.74) is 1.20. The van der Waals surface area contributed by atoms with Crippen molar-refractivity contribution in [2.75, 3.05) is 31.6 Å². The zero-order chi connectivity index (χ0) is 13.1. The Hall–Kier alpha value is -1.03. The van der Waals surface area contributed by atoms with Gasteiger partial charge in [0.2, 0.25) is 5.95 Å². The van der Waals surface area contributed by atoms with Crippen LogP contribution in [0.4, 0.5) is 5.95 Å². The van der Waals surface area contributed by atoms with Gasteiger partial charge in [0.1, 0.15) is 0 Å². The summed E-state index contributed by atoms with van der Waals surface area (Å²) in [4.78, 5) is 7.24. The summed E-state index contributed by atoms with van der Waals surface area (Å²) in [6, 6.07) is 0.483. The molecule has 4 heteroatoms. The van der Waals surface area contributed by atoms with Crippen LogP contribution >= 0.6 is 0 Å². The van der Waals surface area contributed by atoms with Gasteiger partial charge in [0.05, 0.1) is 5.69 Å². The van der Waals surface area contributed by atoms with Crippen molar-refractivity contribution in [2.24, 2.45) is 5.92 Å².